The lowest BCUT2D eigenvalue weighted by molar-refractivity contribution is 0.0800. The highest BCUT2D eigenvalue weighted by molar-refractivity contribution is 6.34. The Hall–Kier alpha value is -1.03. The van der Waals surface area contributed by atoms with Crippen LogP contribution in [0.25, 0.3) is 0 Å². The first-order chi connectivity index (χ1) is 10.1. The zero-order valence-electron chi connectivity index (χ0n) is 11.9. The van der Waals surface area contributed by atoms with Gasteiger partial charge in [-0.2, -0.15) is 0 Å². The van der Waals surface area contributed by atoms with Crippen LogP contribution in [0.1, 0.15) is 53.9 Å². The monoisotopic (exact) mass is 326 g/mol. The maximum atomic E-state index is 12.6. The van der Waals surface area contributed by atoms with Gasteiger partial charge in [0, 0.05) is 11.6 Å². The molecule has 0 heterocycles. The molecule has 0 atom stereocenters. The zero-order chi connectivity index (χ0) is 15.4. The Balaban J connectivity index is 2.14. The minimum absolute atomic E-state index is 0.279. The highest BCUT2D eigenvalue weighted by Crippen LogP contribution is 2.43. The van der Waals surface area contributed by atoms with Gasteiger partial charge in [0.1, 0.15) is 0 Å². The van der Waals surface area contributed by atoms with Crippen LogP contribution in [-0.4, -0.2) is 16.8 Å². The van der Waals surface area contributed by atoms with Crippen molar-refractivity contribution >= 4 is 29.1 Å². The molecule has 0 unspecified atom stereocenters. The quantitative estimate of drug-likeness (QED) is 0.264. The lowest BCUT2D eigenvalue weighted by Crippen LogP contribution is -2.37. The van der Waals surface area contributed by atoms with Crippen LogP contribution < -0.4 is 5.84 Å². The Morgan fingerprint density at radius 2 is 2.10 bits per heavy atom. The van der Waals surface area contributed by atoms with Gasteiger partial charge in [-0.05, 0) is 49.7 Å². The number of benzene rings is 1. The predicted octanol–water partition coefficient (Wildman–Crippen LogP) is 4.46. The van der Waals surface area contributed by atoms with E-state index in [1.54, 1.807) is 6.07 Å². The fraction of sp³-hybridized carbons (Fsp3) is 0.438. The SMILES string of the molecule is C=C(CCCCCl)N(N)C(=O)c1c(Cl)cccc1C1CC1. The first-order valence-corrected chi connectivity index (χ1v) is 8.08. The average Bonchev–Trinajstić information content (AvgIpc) is 3.30. The second kappa shape index (κ2) is 7.30. The highest BCUT2D eigenvalue weighted by Gasteiger charge is 2.30. The number of halogens is 2. The summed E-state index contributed by atoms with van der Waals surface area (Å²) >= 11 is 11.9. The van der Waals surface area contributed by atoms with Gasteiger partial charge in [-0.3, -0.25) is 4.79 Å². The number of nitrogens with zero attached hydrogens (tertiary/aromatic N) is 1. The van der Waals surface area contributed by atoms with E-state index in [0.29, 0.717) is 34.5 Å². The van der Waals surface area contributed by atoms with Gasteiger partial charge in [0.05, 0.1) is 10.6 Å². The van der Waals surface area contributed by atoms with E-state index in [2.05, 4.69) is 6.58 Å². The molecule has 1 aliphatic carbocycles. The summed E-state index contributed by atoms with van der Waals surface area (Å²) in [5.74, 6) is 6.68. The van der Waals surface area contributed by atoms with Crippen LogP contribution in [0.15, 0.2) is 30.5 Å². The fourth-order valence-electron chi connectivity index (χ4n) is 2.31. The fourth-order valence-corrected chi connectivity index (χ4v) is 2.76. The summed E-state index contributed by atoms with van der Waals surface area (Å²) in [7, 11) is 0. The molecule has 5 heteroatoms. The standard InChI is InChI=1S/C16H20Cl2N2O/c1-11(5-2-3-10-17)20(19)16(21)15-13(12-8-9-12)6-4-7-14(15)18/h4,6-7,12H,1-3,5,8-10,19H2. The van der Waals surface area contributed by atoms with Crippen molar-refractivity contribution in [2.24, 2.45) is 5.84 Å². The van der Waals surface area contributed by atoms with E-state index < -0.39 is 0 Å². The summed E-state index contributed by atoms with van der Waals surface area (Å²) in [6.07, 6.45) is 4.59. The van der Waals surface area contributed by atoms with Gasteiger partial charge in [0.15, 0.2) is 0 Å². The minimum Gasteiger partial charge on any atom is -0.267 e. The maximum absolute atomic E-state index is 12.6. The van der Waals surface area contributed by atoms with Crippen molar-refractivity contribution < 1.29 is 4.79 Å². The predicted molar refractivity (Wildman–Crippen MR) is 87.5 cm³/mol. The molecule has 0 bridgehead atoms. The number of nitrogens with two attached hydrogens (primary N) is 1. The van der Waals surface area contributed by atoms with E-state index in [0.717, 1.165) is 36.3 Å². The third-order valence-electron chi connectivity index (χ3n) is 3.69. The first-order valence-electron chi connectivity index (χ1n) is 7.17. The summed E-state index contributed by atoms with van der Waals surface area (Å²) in [6.45, 7) is 3.89. The van der Waals surface area contributed by atoms with Gasteiger partial charge in [-0.1, -0.05) is 30.3 Å². The summed E-state index contributed by atoms with van der Waals surface area (Å²) in [5.41, 5.74) is 2.10. The molecule has 0 radical (unpaired) electrons. The number of amides is 1. The normalized spacial score (nSPS) is 14.0. The zero-order valence-corrected chi connectivity index (χ0v) is 13.5. The molecule has 21 heavy (non-hydrogen) atoms. The van der Waals surface area contributed by atoms with Crippen molar-refractivity contribution in [1.29, 1.82) is 0 Å². The van der Waals surface area contributed by atoms with Crippen molar-refractivity contribution in [3.8, 4) is 0 Å². The van der Waals surface area contributed by atoms with Gasteiger partial charge in [-0.25, -0.2) is 10.9 Å². The minimum atomic E-state index is -0.279. The Kier molecular flexibility index (Phi) is 5.68. The Labute approximate surface area is 135 Å². The molecule has 1 aliphatic rings. The number of hydrogen-bond acceptors (Lipinski definition) is 2. The van der Waals surface area contributed by atoms with Crippen molar-refractivity contribution in [3.05, 3.63) is 46.6 Å². The van der Waals surface area contributed by atoms with Crippen molar-refractivity contribution in [2.75, 3.05) is 5.88 Å². The van der Waals surface area contributed by atoms with Crippen LogP contribution in [0, 0.1) is 0 Å². The van der Waals surface area contributed by atoms with Crippen LogP contribution in [0.2, 0.25) is 5.02 Å². The summed E-state index contributed by atoms with van der Waals surface area (Å²) < 4.78 is 0. The molecular weight excluding hydrogens is 307 g/mol. The molecule has 0 spiro atoms. The van der Waals surface area contributed by atoms with E-state index in [4.69, 9.17) is 29.0 Å². The van der Waals surface area contributed by atoms with E-state index in [1.165, 1.54) is 0 Å². The second-order valence-electron chi connectivity index (χ2n) is 5.37. The first kappa shape index (κ1) is 16.3. The van der Waals surface area contributed by atoms with Crippen LogP contribution in [0.4, 0.5) is 0 Å². The topological polar surface area (TPSA) is 46.3 Å². The largest absolute Gasteiger partial charge is 0.273 e. The highest BCUT2D eigenvalue weighted by atomic mass is 35.5. The van der Waals surface area contributed by atoms with E-state index in [-0.39, 0.29) is 5.91 Å². The van der Waals surface area contributed by atoms with Crippen molar-refractivity contribution in [2.45, 2.75) is 38.0 Å². The number of unbranched alkanes of at least 4 members (excludes halogenated alkanes) is 1. The number of allylic oxidation sites excluding steroid dienone is 1. The average molecular weight is 327 g/mol. The van der Waals surface area contributed by atoms with Gasteiger partial charge in [0.2, 0.25) is 0 Å². The number of hydrogen-bond donors (Lipinski definition) is 1. The number of hydrazine groups is 1. The molecule has 0 aliphatic heterocycles. The molecule has 1 saturated carbocycles. The van der Waals surface area contributed by atoms with Crippen LogP contribution >= 0.6 is 23.2 Å². The Morgan fingerprint density at radius 3 is 2.71 bits per heavy atom. The van der Waals surface area contributed by atoms with Gasteiger partial charge >= 0.3 is 0 Å². The molecule has 2 rings (SSSR count). The molecule has 0 saturated heterocycles. The third-order valence-corrected chi connectivity index (χ3v) is 4.27. The lowest BCUT2D eigenvalue weighted by Gasteiger charge is -2.21. The molecule has 114 valence electrons. The molecular formula is C16H20Cl2N2O. The van der Waals surface area contributed by atoms with E-state index in [1.807, 2.05) is 12.1 Å². The van der Waals surface area contributed by atoms with Crippen molar-refractivity contribution in [1.82, 2.24) is 5.01 Å². The maximum Gasteiger partial charge on any atom is 0.273 e. The van der Waals surface area contributed by atoms with Gasteiger partial charge in [-0.15, -0.1) is 11.6 Å². The Bertz CT molecular complexity index is 541. The molecule has 0 aromatic heterocycles. The summed E-state index contributed by atoms with van der Waals surface area (Å²) in [4.78, 5) is 12.6. The molecule has 1 fully saturated rings. The number of carbonyl (C=O) groups is 1. The molecule has 3 nitrogen and oxygen atoms in total. The van der Waals surface area contributed by atoms with E-state index in [9.17, 15) is 4.79 Å². The van der Waals surface area contributed by atoms with Crippen LogP contribution in [0.5, 0.6) is 0 Å². The van der Waals surface area contributed by atoms with Crippen molar-refractivity contribution in [3.63, 3.8) is 0 Å². The van der Waals surface area contributed by atoms with E-state index >= 15 is 0 Å². The van der Waals surface area contributed by atoms with Gasteiger partial charge < -0.3 is 0 Å². The number of carbonyl (C=O) groups excluding carboxylic acids is 1. The summed E-state index contributed by atoms with van der Waals surface area (Å²) in [6, 6.07) is 5.56. The third kappa shape index (κ3) is 4.00. The smallest absolute Gasteiger partial charge is 0.267 e. The summed E-state index contributed by atoms with van der Waals surface area (Å²) in [5, 5.41) is 1.58. The van der Waals surface area contributed by atoms with Crippen LogP contribution in [0.3, 0.4) is 0 Å². The lowest BCUT2D eigenvalue weighted by atomic mass is 10.0. The number of rotatable bonds is 7. The van der Waals surface area contributed by atoms with Crippen LogP contribution in [-0.2, 0) is 0 Å². The second-order valence-corrected chi connectivity index (χ2v) is 6.15. The molecule has 2 N–H and O–H groups in total. The molecule has 1 aromatic carbocycles. The Morgan fingerprint density at radius 1 is 1.38 bits per heavy atom. The molecule has 1 aromatic rings. The van der Waals surface area contributed by atoms with Gasteiger partial charge in [0.25, 0.3) is 5.91 Å². The number of alkyl halides is 1. The molecule has 1 amide bonds.